The molecule has 0 aliphatic rings. The molecular weight excluding hydrogens is 249 g/mol. The van der Waals surface area contributed by atoms with Gasteiger partial charge in [-0.25, -0.2) is 9.18 Å². The number of aromatic carboxylic acids is 1. The van der Waals surface area contributed by atoms with Crippen LogP contribution < -0.4 is 0 Å². The molecule has 0 fully saturated rings. The van der Waals surface area contributed by atoms with E-state index in [1.54, 1.807) is 0 Å². The molecule has 5 heteroatoms. The molecule has 0 aliphatic heterocycles. The summed E-state index contributed by atoms with van der Waals surface area (Å²) in [5.41, 5.74) is 0.641. The standard InChI is InChI=1S/C14H20FNO3/c1-3-16(7-8-19-4-2)10-11-9-12(15)5-6-13(11)14(17)18/h5-6,9H,3-4,7-8,10H2,1-2H3,(H,17,18). The summed E-state index contributed by atoms with van der Waals surface area (Å²) in [5.74, 6) is -1.45. The maximum atomic E-state index is 13.2. The maximum Gasteiger partial charge on any atom is 0.336 e. The van der Waals surface area contributed by atoms with Gasteiger partial charge in [0.25, 0.3) is 0 Å². The SMILES string of the molecule is CCOCCN(CC)Cc1cc(F)ccc1C(=O)O. The Kier molecular flexibility index (Phi) is 6.45. The first kappa shape index (κ1) is 15.6. The molecule has 0 radical (unpaired) electrons. The molecule has 4 nitrogen and oxygen atoms in total. The second kappa shape index (κ2) is 7.86. The number of benzene rings is 1. The lowest BCUT2D eigenvalue weighted by Gasteiger charge is -2.21. The summed E-state index contributed by atoms with van der Waals surface area (Å²) in [7, 11) is 0. The van der Waals surface area contributed by atoms with E-state index in [-0.39, 0.29) is 5.56 Å². The molecule has 19 heavy (non-hydrogen) atoms. The second-order valence-electron chi connectivity index (χ2n) is 4.17. The Morgan fingerprint density at radius 3 is 2.74 bits per heavy atom. The van der Waals surface area contributed by atoms with Gasteiger partial charge in [-0.15, -0.1) is 0 Å². The summed E-state index contributed by atoms with van der Waals surface area (Å²) in [6.07, 6.45) is 0. The van der Waals surface area contributed by atoms with Gasteiger partial charge in [-0.3, -0.25) is 4.90 Å². The van der Waals surface area contributed by atoms with E-state index in [2.05, 4.69) is 0 Å². The van der Waals surface area contributed by atoms with E-state index in [4.69, 9.17) is 9.84 Å². The lowest BCUT2D eigenvalue weighted by Crippen LogP contribution is -2.28. The predicted molar refractivity (Wildman–Crippen MR) is 70.8 cm³/mol. The Hall–Kier alpha value is -1.46. The van der Waals surface area contributed by atoms with Gasteiger partial charge in [0.2, 0.25) is 0 Å². The molecule has 0 amide bonds. The summed E-state index contributed by atoms with van der Waals surface area (Å²) in [6, 6.07) is 3.76. The van der Waals surface area contributed by atoms with Crippen molar-refractivity contribution in [2.45, 2.75) is 20.4 Å². The number of hydrogen-bond acceptors (Lipinski definition) is 3. The molecule has 0 unspecified atom stereocenters. The minimum absolute atomic E-state index is 0.149. The van der Waals surface area contributed by atoms with Crippen molar-refractivity contribution in [3.63, 3.8) is 0 Å². The van der Waals surface area contributed by atoms with Crippen molar-refractivity contribution >= 4 is 5.97 Å². The van der Waals surface area contributed by atoms with Crippen LogP contribution in [0.4, 0.5) is 4.39 Å². The molecule has 0 atom stereocenters. The molecule has 1 aromatic rings. The second-order valence-corrected chi connectivity index (χ2v) is 4.17. The monoisotopic (exact) mass is 269 g/mol. The molecule has 0 aromatic heterocycles. The van der Waals surface area contributed by atoms with Crippen LogP contribution in [0.3, 0.4) is 0 Å². The Balaban J connectivity index is 2.77. The van der Waals surface area contributed by atoms with Gasteiger partial charge in [0.1, 0.15) is 5.82 Å². The summed E-state index contributed by atoms with van der Waals surface area (Å²) < 4.78 is 18.5. The van der Waals surface area contributed by atoms with E-state index >= 15 is 0 Å². The van der Waals surface area contributed by atoms with Crippen LogP contribution in [0.5, 0.6) is 0 Å². The van der Waals surface area contributed by atoms with Gasteiger partial charge in [-0.1, -0.05) is 6.92 Å². The minimum Gasteiger partial charge on any atom is -0.478 e. The lowest BCUT2D eigenvalue weighted by molar-refractivity contribution is 0.0693. The van der Waals surface area contributed by atoms with E-state index in [1.165, 1.54) is 18.2 Å². The topological polar surface area (TPSA) is 49.8 Å². The van der Waals surface area contributed by atoms with Crippen molar-refractivity contribution in [3.05, 3.63) is 35.1 Å². The van der Waals surface area contributed by atoms with Gasteiger partial charge in [0.05, 0.1) is 12.2 Å². The van der Waals surface area contributed by atoms with Crippen LogP contribution in [0.1, 0.15) is 29.8 Å². The Morgan fingerprint density at radius 2 is 2.16 bits per heavy atom. The van der Waals surface area contributed by atoms with E-state index in [1.807, 2.05) is 18.7 Å². The third-order valence-corrected chi connectivity index (χ3v) is 2.89. The van der Waals surface area contributed by atoms with E-state index in [9.17, 15) is 9.18 Å². The molecule has 1 aromatic carbocycles. The van der Waals surface area contributed by atoms with Crippen LogP contribution in [0.2, 0.25) is 0 Å². The molecule has 1 N–H and O–H groups in total. The largest absolute Gasteiger partial charge is 0.478 e. The highest BCUT2D eigenvalue weighted by atomic mass is 19.1. The van der Waals surface area contributed by atoms with Crippen molar-refractivity contribution in [1.82, 2.24) is 4.90 Å². The average molecular weight is 269 g/mol. The molecule has 0 bridgehead atoms. The van der Waals surface area contributed by atoms with Gasteiger partial charge < -0.3 is 9.84 Å². The first-order chi connectivity index (χ1) is 9.08. The fraction of sp³-hybridized carbons (Fsp3) is 0.500. The third kappa shape index (κ3) is 4.96. The molecular formula is C14H20FNO3. The summed E-state index contributed by atoms with van der Waals surface area (Å²) in [4.78, 5) is 13.1. The van der Waals surface area contributed by atoms with E-state index < -0.39 is 11.8 Å². The van der Waals surface area contributed by atoms with Crippen LogP contribution in [0.15, 0.2) is 18.2 Å². The number of carbonyl (C=O) groups is 1. The van der Waals surface area contributed by atoms with Crippen LogP contribution in [-0.4, -0.2) is 42.3 Å². The number of halogens is 1. The van der Waals surface area contributed by atoms with Gasteiger partial charge in [0.15, 0.2) is 0 Å². The van der Waals surface area contributed by atoms with E-state index in [0.29, 0.717) is 31.9 Å². The highest BCUT2D eigenvalue weighted by molar-refractivity contribution is 5.89. The first-order valence-electron chi connectivity index (χ1n) is 6.40. The molecule has 0 saturated carbocycles. The summed E-state index contributed by atoms with van der Waals surface area (Å²) >= 11 is 0. The zero-order valence-corrected chi connectivity index (χ0v) is 11.4. The quantitative estimate of drug-likeness (QED) is 0.736. The van der Waals surface area contributed by atoms with Gasteiger partial charge in [-0.05, 0) is 37.2 Å². The number of nitrogens with zero attached hydrogens (tertiary/aromatic N) is 1. The van der Waals surface area contributed by atoms with Crippen molar-refractivity contribution in [2.75, 3.05) is 26.3 Å². The highest BCUT2D eigenvalue weighted by Gasteiger charge is 2.13. The minimum atomic E-state index is -1.03. The zero-order valence-electron chi connectivity index (χ0n) is 11.4. The number of ether oxygens (including phenoxy) is 1. The normalized spacial score (nSPS) is 10.9. The molecule has 1 rings (SSSR count). The predicted octanol–water partition coefficient (Wildman–Crippen LogP) is 2.38. The molecule has 0 saturated heterocycles. The van der Waals surface area contributed by atoms with Crippen LogP contribution in [-0.2, 0) is 11.3 Å². The van der Waals surface area contributed by atoms with Gasteiger partial charge in [-0.2, -0.15) is 0 Å². The number of likely N-dealkylation sites (N-methyl/N-ethyl adjacent to an activating group) is 1. The number of hydrogen-bond donors (Lipinski definition) is 1. The lowest BCUT2D eigenvalue weighted by atomic mass is 10.1. The summed E-state index contributed by atoms with van der Waals surface area (Å²) in [5, 5.41) is 9.09. The Bertz CT molecular complexity index is 423. The fourth-order valence-corrected chi connectivity index (χ4v) is 1.83. The molecule has 0 spiro atoms. The summed E-state index contributed by atoms with van der Waals surface area (Å²) in [6.45, 7) is 6.99. The van der Waals surface area contributed by atoms with Crippen molar-refractivity contribution in [1.29, 1.82) is 0 Å². The Morgan fingerprint density at radius 1 is 1.42 bits per heavy atom. The molecule has 0 heterocycles. The number of rotatable bonds is 8. The third-order valence-electron chi connectivity index (χ3n) is 2.89. The maximum absolute atomic E-state index is 13.2. The fourth-order valence-electron chi connectivity index (χ4n) is 1.83. The van der Waals surface area contributed by atoms with Crippen molar-refractivity contribution in [2.24, 2.45) is 0 Å². The Labute approximate surface area is 112 Å². The van der Waals surface area contributed by atoms with Crippen molar-refractivity contribution < 1.29 is 19.0 Å². The average Bonchev–Trinajstić information content (AvgIpc) is 2.37. The molecule has 106 valence electrons. The van der Waals surface area contributed by atoms with Crippen LogP contribution in [0.25, 0.3) is 0 Å². The zero-order chi connectivity index (χ0) is 14.3. The van der Waals surface area contributed by atoms with Gasteiger partial charge >= 0.3 is 5.97 Å². The van der Waals surface area contributed by atoms with Crippen LogP contribution >= 0.6 is 0 Å². The number of carboxylic acids is 1. The van der Waals surface area contributed by atoms with Crippen LogP contribution in [0, 0.1) is 5.82 Å². The van der Waals surface area contributed by atoms with Gasteiger partial charge in [0, 0.05) is 19.7 Å². The van der Waals surface area contributed by atoms with E-state index in [0.717, 1.165) is 6.54 Å². The van der Waals surface area contributed by atoms with Crippen molar-refractivity contribution in [3.8, 4) is 0 Å². The smallest absolute Gasteiger partial charge is 0.336 e. The molecule has 0 aliphatic carbocycles. The number of carboxylic acid groups (broad SMARTS) is 1. The first-order valence-corrected chi connectivity index (χ1v) is 6.40. The highest BCUT2D eigenvalue weighted by Crippen LogP contribution is 2.14.